The van der Waals surface area contributed by atoms with Crippen molar-refractivity contribution in [3.63, 3.8) is 0 Å². The normalized spacial score (nSPS) is 11.3. The molecule has 4 heterocycles. The van der Waals surface area contributed by atoms with Crippen LogP contribution in [0, 0.1) is 0 Å². The maximum absolute atomic E-state index is 9.89. The van der Waals surface area contributed by atoms with Gasteiger partial charge in [-0.25, -0.2) is 19.9 Å². The molecule has 114 heavy (non-hydrogen) atoms. The number of aromatic amines is 4. The molecule has 19 rings (SSSR count). The topological polar surface area (TPSA) is 196 Å². The summed E-state index contributed by atoms with van der Waals surface area (Å²) in [6.07, 6.45) is 6.52. The number of phenolic OH excluding ortho intramolecular Hbond substituents is 4. The van der Waals surface area contributed by atoms with E-state index in [0.717, 1.165) is 146 Å². The van der Waals surface area contributed by atoms with E-state index < -0.39 is 0 Å². The van der Waals surface area contributed by atoms with Gasteiger partial charge >= 0.3 is 0 Å². The lowest BCUT2D eigenvalue weighted by molar-refractivity contribution is 0.475. The van der Waals surface area contributed by atoms with Crippen molar-refractivity contribution in [3.8, 4) is 181 Å². The van der Waals surface area contributed by atoms with E-state index in [-0.39, 0.29) is 23.0 Å². The van der Waals surface area contributed by atoms with Gasteiger partial charge in [0, 0.05) is 75.7 Å². The van der Waals surface area contributed by atoms with Crippen molar-refractivity contribution in [2.75, 3.05) is 0 Å². The van der Waals surface area contributed by atoms with Gasteiger partial charge in [-0.3, -0.25) is 0 Å². The Balaban J connectivity index is 0.000000115. The van der Waals surface area contributed by atoms with E-state index >= 15 is 0 Å². The molecule has 1 aliphatic carbocycles. The highest BCUT2D eigenvalue weighted by molar-refractivity contribution is 9.10. The second kappa shape index (κ2) is 34.4. The maximum atomic E-state index is 9.89. The van der Waals surface area contributed by atoms with Crippen molar-refractivity contribution < 1.29 is 20.4 Å². The number of halogens is 2. The minimum atomic E-state index is 0.214. The fraction of sp³-hybridized carbons (Fsp3) is 0.0200. The summed E-state index contributed by atoms with van der Waals surface area (Å²) >= 11 is 7.11. The van der Waals surface area contributed by atoms with Crippen LogP contribution in [-0.2, 0) is 6.42 Å². The summed E-state index contributed by atoms with van der Waals surface area (Å²) in [5.41, 5.74) is 26.9. The first-order chi connectivity index (χ1) is 56.0. The number of allylic oxidation sites excluding steroid dienone is 1. The molecule has 8 N–H and O–H groups in total. The first kappa shape index (κ1) is 73.9. The number of aromatic nitrogens is 8. The van der Waals surface area contributed by atoms with Crippen LogP contribution in [0.4, 0.5) is 0 Å². The number of hydrogen-bond donors (Lipinski definition) is 8. The number of H-pyrrole nitrogens is 4. The average molecular weight is 1610 g/mol. The molecule has 12 nitrogen and oxygen atoms in total. The zero-order chi connectivity index (χ0) is 77.7. The van der Waals surface area contributed by atoms with E-state index in [4.69, 9.17) is 19.9 Å². The maximum Gasteiger partial charge on any atom is 0.138 e. The molecular weight excluding hydrogens is 1540 g/mol. The van der Waals surface area contributed by atoms with E-state index in [1.165, 1.54) is 38.9 Å². The molecule has 4 aromatic heterocycles. The number of rotatable bonds is 14. The molecule has 0 atom stereocenters. The monoisotopic (exact) mass is 1610 g/mol. The van der Waals surface area contributed by atoms with Gasteiger partial charge in [0.25, 0.3) is 0 Å². The van der Waals surface area contributed by atoms with Crippen molar-refractivity contribution in [1.82, 2.24) is 39.9 Å². The van der Waals surface area contributed by atoms with Gasteiger partial charge in [0.05, 0.1) is 45.6 Å². The molecule has 1 aliphatic rings. The minimum Gasteiger partial charge on any atom is -0.508 e. The Hall–Kier alpha value is -14.2. The molecule has 552 valence electrons. The lowest BCUT2D eigenvalue weighted by Crippen LogP contribution is -1.98. The number of phenols is 4. The van der Waals surface area contributed by atoms with Crippen molar-refractivity contribution in [1.29, 1.82) is 0 Å². The molecule has 0 unspecified atom stereocenters. The zero-order valence-electron chi connectivity index (χ0n) is 61.5. The SMILES string of the molecule is Oc1ccc(-c2nc(-c3ccccc3)c(-c3ccc(-c4ccccc4)cc3)[nH]2)cc1.Oc1cccc(-c2nc(-c3ccc(Br)cc3)c(-c3ccccc3Br)[nH]2)c1.Oc1cccc(-c2nc(-c3ccccc3)c(-c3ccc(-c4ccccc4)cc3)[nH]2)c1.Oc1cccc(-c2nc(-c3ccccc3)c(-c3cccc4c3CCC=C4)[nH]2)c1. The number of imidazole rings is 4. The number of benzene rings is 14. The number of fused-ring (bicyclic) bond motifs is 1. The Morgan fingerprint density at radius 1 is 0.246 bits per heavy atom. The van der Waals surface area contributed by atoms with Crippen molar-refractivity contribution in [2.45, 2.75) is 12.8 Å². The van der Waals surface area contributed by atoms with E-state index in [1.54, 1.807) is 48.5 Å². The van der Waals surface area contributed by atoms with Crippen LogP contribution in [0.3, 0.4) is 0 Å². The third kappa shape index (κ3) is 17.1. The first-order valence-corrected chi connectivity index (χ1v) is 38.9. The van der Waals surface area contributed by atoms with Crippen LogP contribution in [0.25, 0.3) is 164 Å². The van der Waals surface area contributed by atoms with Gasteiger partial charge < -0.3 is 40.4 Å². The number of nitrogens with zero attached hydrogens (tertiary/aromatic N) is 4. The van der Waals surface area contributed by atoms with Gasteiger partial charge in [-0.1, -0.05) is 329 Å². The number of hydrogen-bond acceptors (Lipinski definition) is 8. The molecule has 0 spiro atoms. The lowest BCUT2D eigenvalue weighted by Gasteiger charge is -2.15. The second-order valence-corrected chi connectivity index (χ2v) is 29.0. The molecule has 0 saturated heterocycles. The summed E-state index contributed by atoms with van der Waals surface area (Å²) in [4.78, 5) is 33.5. The number of aromatic hydroxyl groups is 4. The number of nitrogens with one attached hydrogen (secondary N) is 4. The Morgan fingerprint density at radius 3 is 0.974 bits per heavy atom. The van der Waals surface area contributed by atoms with E-state index in [2.05, 4.69) is 203 Å². The van der Waals surface area contributed by atoms with Crippen LogP contribution in [0.2, 0.25) is 0 Å². The summed E-state index contributed by atoms with van der Waals surface area (Å²) < 4.78 is 2.01. The summed E-state index contributed by atoms with van der Waals surface area (Å²) in [6, 6.07) is 119. The van der Waals surface area contributed by atoms with Gasteiger partial charge in [-0.15, -0.1) is 0 Å². The highest BCUT2D eigenvalue weighted by Crippen LogP contribution is 2.42. The Bertz CT molecular complexity index is 6330. The van der Waals surface area contributed by atoms with Gasteiger partial charge in [0.15, 0.2) is 0 Å². The predicted molar refractivity (Wildman–Crippen MR) is 470 cm³/mol. The van der Waals surface area contributed by atoms with E-state index in [1.807, 2.05) is 176 Å². The largest absolute Gasteiger partial charge is 0.508 e. The first-order valence-electron chi connectivity index (χ1n) is 37.3. The molecule has 0 amide bonds. The van der Waals surface area contributed by atoms with Crippen LogP contribution in [0.15, 0.2) is 379 Å². The van der Waals surface area contributed by atoms with Crippen molar-refractivity contribution >= 4 is 37.9 Å². The van der Waals surface area contributed by atoms with Gasteiger partial charge in [-0.05, 0) is 125 Å². The minimum absolute atomic E-state index is 0.214. The van der Waals surface area contributed by atoms with Gasteiger partial charge in [0.2, 0.25) is 0 Å². The summed E-state index contributed by atoms with van der Waals surface area (Å²) in [7, 11) is 0. The summed E-state index contributed by atoms with van der Waals surface area (Å²) in [5.74, 6) is 3.89. The fourth-order valence-electron chi connectivity index (χ4n) is 14.0. The van der Waals surface area contributed by atoms with Crippen molar-refractivity contribution in [3.05, 3.63) is 390 Å². The molecular formula is C100H74Br2N8O4. The summed E-state index contributed by atoms with van der Waals surface area (Å²) in [6.45, 7) is 0. The summed E-state index contributed by atoms with van der Waals surface area (Å²) in [5, 5.41) is 39.2. The lowest BCUT2D eigenvalue weighted by atomic mass is 9.90. The highest BCUT2D eigenvalue weighted by Gasteiger charge is 2.23. The third-order valence-corrected chi connectivity index (χ3v) is 20.8. The standard InChI is InChI=1S/2C27H20N2O.C25H20N2O.C21H14Br2N2O/c30-24-13-7-12-23(18-24)27-28-25(21-10-5-2-6-11-21)26(29-27)22-16-14-20(15-17-22)19-8-3-1-4-9-19;30-24-17-15-23(16-18-24)27-28-25(21-9-5-2-6-10-21)26(29-27)22-13-11-20(12-14-22)19-7-3-1-4-8-19;28-20-13-6-12-19(16-20)25-26-23(18-9-2-1-3-10-18)24(27-25)22-15-7-11-17-8-4-5-14-21(17)22;22-15-10-8-13(9-11-15)19-20(17-6-1-2-7-18(17)23)25-21(24-19)14-4-3-5-16(26)12-14/h2*1-18,30H,(H,28,29);1-4,6-13,15-16,28H,5,14H2,(H,26,27);1-12,26H,(H,24,25). The molecule has 14 heteroatoms. The predicted octanol–water partition coefficient (Wildman–Crippen LogP) is 26.3. The molecule has 18 aromatic rings. The Kier molecular flexibility index (Phi) is 22.3. The molecule has 0 saturated carbocycles. The Labute approximate surface area is 677 Å². The van der Waals surface area contributed by atoms with Gasteiger partial charge in [-0.2, -0.15) is 0 Å². The second-order valence-electron chi connectivity index (χ2n) is 27.2. The van der Waals surface area contributed by atoms with Crippen LogP contribution >= 0.6 is 31.9 Å². The van der Waals surface area contributed by atoms with Crippen LogP contribution < -0.4 is 0 Å². The van der Waals surface area contributed by atoms with E-state index in [9.17, 15) is 20.4 Å². The molecule has 0 bridgehead atoms. The molecule has 0 fully saturated rings. The van der Waals surface area contributed by atoms with E-state index in [0.29, 0.717) is 5.82 Å². The molecule has 0 aliphatic heterocycles. The molecule has 0 radical (unpaired) electrons. The quantitative estimate of drug-likeness (QED) is 0.0526. The van der Waals surface area contributed by atoms with Crippen molar-refractivity contribution in [2.24, 2.45) is 0 Å². The van der Waals surface area contributed by atoms with Crippen LogP contribution in [-0.4, -0.2) is 60.3 Å². The van der Waals surface area contributed by atoms with Gasteiger partial charge in [0.1, 0.15) is 46.3 Å². The fourth-order valence-corrected chi connectivity index (χ4v) is 14.7. The third-order valence-electron chi connectivity index (χ3n) is 19.6. The zero-order valence-corrected chi connectivity index (χ0v) is 64.7. The average Bonchev–Trinajstić information content (AvgIpc) is 1.82. The Morgan fingerprint density at radius 2 is 0.553 bits per heavy atom. The molecule has 14 aromatic carbocycles. The smallest absolute Gasteiger partial charge is 0.138 e. The van der Waals surface area contributed by atoms with Crippen LogP contribution in [0.1, 0.15) is 17.5 Å². The highest BCUT2D eigenvalue weighted by atomic mass is 79.9. The van der Waals surface area contributed by atoms with Crippen LogP contribution in [0.5, 0.6) is 23.0 Å².